The van der Waals surface area contributed by atoms with Gasteiger partial charge in [0.25, 0.3) is 0 Å². The molecular formula is C21H26Cl2FN5O. The fraction of sp³-hybridized carbons (Fsp3) is 0.476. The third kappa shape index (κ3) is 5.13. The lowest BCUT2D eigenvalue weighted by molar-refractivity contribution is -0.119. The fourth-order valence-electron chi connectivity index (χ4n) is 3.78. The van der Waals surface area contributed by atoms with Crippen LogP contribution in [0.4, 0.5) is 16.0 Å². The Hall–Kier alpha value is -2.12. The molecule has 30 heavy (non-hydrogen) atoms. The number of carbonyl (C=O) groups is 1. The fourth-order valence-corrected chi connectivity index (χ4v) is 4.31. The average molecular weight is 454 g/mol. The number of carbonyl (C=O) groups excluding carboxylic acids is 1. The number of rotatable bonds is 6. The lowest BCUT2D eigenvalue weighted by atomic mass is 9.88. The molecule has 1 aliphatic rings. The summed E-state index contributed by atoms with van der Waals surface area (Å²) >= 11 is 12.4. The normalized spacial score (nSPS) is 17.8. The number of primary amides is 1. The number of amides is 1. The summed E-state index contributed by atoms with van der Waals surface area (Å²) in [4.78, 5) is 22.0. The van der Waals surface area contributed by atoms with Crippen molar-refractivity contribution in [3.05, 3.63) is 46.0 Å². The van der Waals surface area contributed by atoms with Gasteiger partial charge in [-0.3, -0.25) is 4.79 Å². The van der Waals surface area contributed by atoms with Crippen LogP contribution in [0.2, 0.25) is 10.0 Å². The second-order valence-corrected chi connectivity index (χ2v) is 9.58. The molecule has 0 saturated carbocycles. The van der Waals surface area contributed by atoms with Crippen LogP contribution in [0.25, 0.3) is 0 Å². The van der Waals surface area contributed by atoms with Gasteiger partial charge in [0.15, 0.2) is 11.6 Å². The van der Waals surface area contributed by atoms with Gasteiger partial charge in [0, 0.05) is 16.6 Å². The zero-order valence-electron chi connectivity index (χ0n) is 17.3. The molecule has 2 aromatic rings. The Balaban J connectivity index is 1.91. The van der Waals surface area contributed by atoms with Crippen molar-refractivity contribution in [2.24, 2.45) is 11.1 Å². The number of hydrogen-bond acceptors (Lipinski definition) is 5. The second kappa shape index (κ2) is 8.94. The molecule has 3 N–H and O–H groups in total. The van der Waals surface area contributed by atoms with Crippen molar-refractivity contribution in [2.45, 2.75) is 52.1 Å². The maximum atomic E-state index is 15.4. The molecule has 1 amide bonds. The van der Waals surface area contributed by atoms with Gasteiger partial charge >= 0.3 is 0 Å². The smallest absolute Gasteiger partial charge is 0.239 e. The van der Waals surface area contributed by atoms with Gasteiger partial charge < -0.3 is 16.0 Å². The van der Waals surface area contributed by atoms with Gasteiger partial charge in [-0.2, -0.15) is 4.39 Å². The standard InChI is InChI=1S/C21H26Cl2FN5O/c1-21(2,3)10-15(18(25)30)28-19-17(24)20(27-11-26-19)29-8-4-5-16(29)13-7-6-12(22)9-14(13)23/h6-7,9,11,15-16H,4-5,8,10H2,1-3H3,(H2,25,30)(H,26,27,28). The van der Waals surface area contributed by atoms with Gasteiger partial charge in [-0.05, 0) is 42.4 Å². The minimum atomic E-state index is -0.748. The molecule has 2 atom stereocenters. The molecule has 2 heterocycles. The van der Waals surface area contributed by atoms with E-state index in [4.69, 9.17) is 28.9 Å². The van der Waals surface area contributed by atoms with Crippen LogP contribution in [0.5, 0.6) is 0 Å². The first-order valence-electron chi connectivity index (χ1n) is 9.85. The molecule has 0 bridgehead atoms. The molecule has 1 aromatic carbocycles. The first-order valence-corrected chi connectivity index (χ1v) is 10.6. The van der Waals surface area contributed by atoms with Crippen molar-refractivity contribution in [3.8, 4) is 0 Å². The van der Waals surface area contributed by atoms with Gasteiger partial charge in [0.1, 0.15) is 12.4 Å². The van der Waals surface area contributed by atoms with E-state index in [0.29, 0.717) is 23.0 Å². The molecule has 0 radical (unpaired) electrons. The molecule has 0 spiro atoms. The largest absolute Gasteiger partial charge is 0.368 e. The van der Waals surface area contributed by atoms with Crippen LogP contribution >= 0.6 is 23.2 Å². The molecule has 9 heteroatoms. The predicted octanol–water partition coefficient (Wildman–Crippen LogP) is 4.97. The van der Waals surface area contributed by atoms with Crippen LogP contribution in [-0.2, 0) is 4.79 Å². The van der Waals surface area contributed by atoms with Gasteiger partial charge in [-0.1, -0.05) is 50.0 Å². The summed E-state index contributed by atoms with van der Waals surface area (Å²) < 4.78 is 15.4. The summed E-state index contributed by atoms with van der Waals surface area (Å²) in [7, 11) is 0. The van der Waals surface area contributed by atoms with Crippen molar-refractivity contribution >= 4 is 40.7 Å². The van der Waals surface area contributed by atoms with E-state index in [0.717, 1.165) is 18.4 Å². The molecular weight excluding hydrogens is 428 g/mol. The van der Waals surface area contributed by atoms with E-state index in [2.05, 4.69) is 15.3 Å². The van der Waals surface area contributed by atoms with Crippen molar-refractivity contribution in [1.82, 2.24) is 9.97 Å². The molecule has 162 valence electrons. The summed E-state index contributed by atoms with van der Waals surface area (Å²) in [5, 5.41) is 3.95. The Morgan fingerprint density at radius 2 is 2.10 bits per heavy atom. The zero-order chi connectivity index (χ0) is 22.1. The lowest BCUT2D eigenvalue weighted by Crippen LogP contribution is -2.39. The van der Waals surface area contributed by atoms with Crippen molar-refractivity contribution in [3.63, 3.8) is 0 Å². The van der Waals surface area contributed by atoms with E-state index in [9.17, 15) is 4.79 Å². The van der Waals surface area contributed by atoms with Crippen LogP contribution < -0.4 is 16.0 Å². The van der Waals surface area contributed by atoms with Crippen molar-refractivity contribution in [1.29, 1.82) is 0 Å². The van der Waals surface area contributed by atoms with Crippen molar-refractivity contribution < 1.29 is 9.18 Å². The van der Waals surface area contributed by atoms with Crippen LogP contribution in [0.3, 0.4) is 0 Å². The van der Waals surface area contributed by atoms with Crippen LogP contribution in [0, 0.1) is 11.2 Å². The van der Waals surface area contributed by atoms with Crippen molar-refractivity contribution in [2.75, 3.05) is 16.8 Å². The molecule has 6 nitrogen and oxygen atoms in total. The Bertz CT molecular complexity index is 934. The Labute approximate surface area is 186 Å². The highest BCUT2D eigenvalue weighted by molar-refractivity contribution is 6.35. The number of aromatic nitrogens is 2. The summed E-state index contributed by atoms with van der Waals surface area (Å²) in [6.45, 7) is 6.57. The van der Waals surface area contributed by atoms with Crippen LogP contribution in [-0.4, -0.2) is 28.5 Å². The Kier molecular flexibility index (Phi) is 6.72. The molecule has 3 rings (SSSR count). The Morgan fingerprint density at radius 3 is 2.73 bits per heavy atom. The van der Waals surface area contributed by atoms with E-state index >= 15 is 4.39 Å². The number of anilines is 2. The highest BCUT2D eigenvalue weighted by Crippen LogP contribution is 2.40. The predicted molar refractivity (Wildman–Crippen MR) is 118 cm³/mol. The van der Waals surface area contributed by atoms with E-state index in [-0.39, 0.29) is 23.1 Å². The highest BCUT2D eigenvalue weighted by atomic mass is 35.5. The quantitative estimate of drug-likeness (QED) is 0.644. The average Bonchev–Trinajstić information content (AvgIpc) is 3.10. The highest BCUT2D eigenvalue weighted by Gasteiger charge is 2.32. The summed E-state index contributed by atoms with van der Waals surface area (Å²) in [5.74, 6) is -1.05. The number of nitrogens with zero attached hydrogens (tertiary/aromatic N) is 3. The van der Waals surface area contributed by atoms with Gasteiger partial charge in [-0.15, -0.1) is 0 Å². The minimum Gasteiger partial charge on any atom is -0.368 e. The first kappa shape index (κ1) is 22.6. The molecule has 1 fully saturated rings. The van der Waals surface area contributed by atoms with Gasteiger partial charge in [0.2, 0.25) is 11.7 Å². The second-order valence-electron chi connectivity index (χ2n) is 8.74. The number of hydrogen-bond donors (Lipinski definition) is 2. The Morgan fingerprint density at radius 1 is 1.37 bits per heavy atom. The monoisotopic (exact) mass is 453 g/mol. The van der Waals surface area contributed by atoms with Crippen LogP contribution in [0.15, 0.2) is 24.5 Å². The van der Waals surface area contributed by atoms with E-state index in [1.165, 1.54) is 6.33 Å². The van der Waals surface area contributed by atoms with E-state index in [1.807, 2.05) is 31.7 Å². The lowest BCUT2D eigenvalue weighted by Gasteiger charge is -2.28. The van der Waals surface area contributed by atoms with Gasteiger partial charge in [-0.25, -0.2) is 9.97 Å². The maximum absolute atomic E-state index is 15.4. The maximum Gasteiger partial charge on any atom is 0.239 e. The molecule has 0 aliphatic carbocycles. The summed E-state index contributed by atoms with van der Waals surface area (Å²) in [5.41, 5.74) is 6.22. The summed E-state index contributed by atoms with van der Waals surface area (Å²) in [6.07, 6.45) is 3.40. The topological polar surface area (TPSA) is 84.1 Å². The summed E-state index contributed by atoms with van der Waals surface area (Å²) in [6, 6.07) is 4.43. The number of nitrogens with two attached hydrogens (primary N) is 1. The number of nitrogens with one attached hydrogen (secondary N) is 1. The van der Waals surface area contributed by atoms with Gasteiger partial charge in [0.05, 0.1) is 6.04 Å². The van der Waals surface area contributed by atoms with E-state index < -0.39 is 17.8 Å². The number of halogens is 3. The van der Waals surface area contributed by atoms with E-state index in [1.54, 1.807) is 12.1 Å². The molecule has 1 aliphatic heterocycles. The third-order valence-corrected chi connectivity index (χ3v) is 5.65. The third-order valence-electron chi connectivity index (χ3n) is 5.09. The SMILES string of the molecule is CC(C)(C)CC(Nc1ncnc(N2CCCC2c2ccc(Cl)cc2Cl)c1F)C(N)=O. The molecule has 2 unspecified atom stereocenters. The zero-order valence-corrected chi connectivity index (χ0v) is 18.8. The molecule has 1 aromatic heterocycles. The minimum absolute atomic E-state index is 0.0408. The molecule has 1 saturated heterocycles. The first-order chi connectivity index (χ1) is 14.1. The number of benzene rings is 1. The van der Waals surface area contributed by atoms with Crippen LogP contribution in [0.1, 0.15) is 51.6 Å².